The van der Waals surface area contributed by atoms with Crippen LogP contribution < -0.4 is 0 Å². The lowest BCUT2D eigenvalue weighted by Gasteiger charge is -2.43. The van der Waals surface area contributed by atoms with Crippen molar-refractivity contribution < 1.29 is 19.4 Å². The van der Waals surface area contributed by atoms with E-state index in [1.54, 1.807) is 0 Å². The molecule has 2 rings (SSSR count). The van der Waals surface area contributed by atoms with Crippen molar-refractivity contribution in [2.24, 2.45) is 0 Å². The van der Waals surface area contributed by atoms with Gasteiger partial charge in [0.25, 0.3) is 0 Å². The monoisotopic (exact) mass is 274 g/mol. The molecule has 2 aliphatic heterocycles. The number of hydrogen-bond donors (Lipinski definition) is 1. The van der Waals surface area contributed by atoms with E-state index < -0.39 is 5.97 Å². The molecular weight excluding hydrogens is 252 g/mol. The van der Waals surface area contributed by atoms with Crippen LogP contribution in [0.3, 0.4) is 0 Å². The van der Waals surface area contributed by atoms with Crippen molar-refractivity contribution in [2.75, 3.05) is 19.8 Å². The van der Waals surface area contributed by atoms with Crippen LogP contribution in [-0.2, 0) is 14.3 Å². The number of aliphatic carboxylic acids is 1. The Hall–Kier alpha value is -0.260. The summed E-state index contributed by atoms with van der Waals surface area (Å²) in [6.07, 6.45) is 4.30. The van der Waals surface area contributed by atoms with E-state index in [1.165, 1.54) is 0 Å². The zero-order valence-corrected chi connectivity index (χ0v) is 11.7. The molecule has 0 aromatic carbocycles. The fourth-order valence-corrected chi connectivity index (χ4v) is 4.34. The predicted octanol–water partition coefficient (Wildman–Crippen LogP) is 2.31. The van der Waals surface area contributed by atoms with Gasteiger partial charge in [0.15, 0.2) is 0 Å². The molecule has 0 aromatic heterocycles. The second-order valence-electron chi connectivity index (χ2n) is 5.30. The Kier molecular flexibility index (Phi) is 4.92. The molecule has 2 saturated heterocycles. The minimum atomic E-state index is -0.706. The Labute approximate surface area is 112 Å². The van der Waals surface area contributed by atoms with Crippen LogP contribution in [0.25, 0.3) is 0 Å². The third kappa shape index (κ3) is 3.87. The van der Waals surface area contributed by atoms with Crippen molar-refractivity contribution in [1.82, 2.24) is 0 Å². The summed E-state index contributed by atoms with van der Waals surface area (Å²) in [6, 6.07) is 0. The summed E-state index contributed by atoms with van der Waals surface area (Å²) in [5.41, 5.74) is 0.0110. The van der Waals surface area contributed by atoms with Gasteiger partial charge in [-0.05, 0) is 25.7 Å². The summed E-state index contributed by atoms with van der Waals surface area (Å²) in [5, 5.41) is 9.52. The van der Waals surface area contributed by atoms with Gasteiger partial charge in [0.05, 0.1) is 12.0 Å². The maximum Gasteiger partial charge on any atom is 0.304 e. The van der Waals surface area contributed by atoms with Crippen molar-refractivity contribution in [2.45, 2.75) is 55.1 Å². The quantitative estimate of drug-likeness (QED) is 0.852. The molecule has 0 amide bonds. The largest absolute Gasteiger partial charge is 0.481 e. The Bertz CT molecular complexity index is 283. The van der Waals surface area contributed by atoms with Gasteiger partial charge in [0.1, 0.15) is 0 Å². The van der Waals surface area contributed by atoms with E-state index in [9.17, 15) is 4.79 Å². The molecule has 0 aliphatic carbocycles. The van der Waals surface area contributed by atoms with E-state index >= 15 is 0 Å². The first kappa shape index (κ1) is 14.2. The molecule has 4 nitrogen and oxygen atoms in total. The third-order valence-corrected chi connectivity index (χ3v) is 5.16. The topological polar surface area (TPSA) is 55.8 Å². The van der Waals surface area contributed by atoms with Gasteiger partial charge in [-0.1, -0.05) is 6.92 Å². The average molecular weight is 274 g/mol. The van der Waals surface area contributed by atoms with E-state index in [1.807, 2.05) is 18.7 Å². The maximum atomic E-state index is 10.7. The van der Waals surface area contributed by atoms with E-state index in [-0.39, 0.29) is 17.3 Å². The molecule has 2 atom stereocenters. The lowest BCUT2D eigenvalue weighted by atomic mass is 9.86. The second kappa shape index (κ2) is 6.26. The zero-order chi connectivity index (χ0) is 13.0. The average Bonchev–Trinajstić information content (AvgIpc) is 2.28. The van der Waals surface area contributed by atoms with E-state index in [0.717, 1.165) is 45.5 Å². The zero-order valence-electron chi connectivity index (χ0n) is 10.9. The molecule has 2 aliphatic rings. The van der Waals surface area contributed by atoms with Crippen molar-refractivity contribution in [3.05, 3.63) is 0 Å². The van der Waals surface area contributed by atoms with Crippen LogP contribution in [0, 0.1) is 0 Å². The van der Waals surface area contributed by atoms with Crippen LogP contribution in [0.4, 0.5) is 0 Å². The van der Waals surface area contributed by atoms with Gasteiger partial charge < -0.3 is 14.6 Å². The maximum absolute atomic E-state index is 10.7. The highest BCUT2D eigenvalue weighted by molar-refractivity contribution is 8.00. The molecule has 104 valence electrons. The number of carboxylic acid groups (broad SMARTS) is 1. The van der Waals surface area contributed by atoms with Gasteiger partial charge >= 0.3 is 5.97 Å². The smallest absolute Gasteiger partial charge is 0.304 e. The van der Waals surface area contributed by atoms with Crippen molar-refractivity contribution in [1.29, 1.82) is 0 Å². The van der Waals surface area contributed by atoms with Gasteiger partial charge in [-0.3, -0.25) is 4.79 Å². The number of carbonyl (C=O) groups is 1. The van der Waals surface area contributed by atoms with E-state index in [4.69, 9.17) is 14.6 Å². The number of ether oxygens (including phenoxy) is 2. The summed E-state index contributed by atoms with van der Waals surface area (Å²) >= 11 is 1.81. The minimum absolute atomic E-state index is 0.0110. The van der Waals surface area contributed by atoms with Gasteiger partial charge in [-0.25, -0.2) is 0 Å². The number of carboxylic acids is 1. The molecule has 5 heteroatoms. The number of thioether (sulfide) groups is 1. The lowest BCUT2D eigenvalue weighted by Crippen LogP contribution is -2.45. The second-order valence-corrected chi connectivity index (χ2v) is 7.05. The first-order chi connectivity index (χ1) is 8.60. The molecule has 0 bridgehead atoms. The first-order valence-electron chi connectivity index (χ1n) is 6.69. The van der Waals surface area contributed by atoms with Crippen molar-refractivity contribution in [3.8, 4) is 0 Å². The highest BCUT2D eigenvalue weighted by Crippen LogP contribution is 2.40. The molecule has 2 heterocycles. The molecule has 1 spiro atoms. The van der Waals surface area contributed by atoms with Gasteiger partial charge in [0, 0.05) is 30.3 Å². The Morgan fingerprint density at radius 3 is 2.83 bits per heavy atom. The summed E-state index contributed by atoms with van der Waals surface area (Å²) < 4.78 is 11.4. The van der Waals surface area contributed by atoms with Crippen LogP contribution in [-0.4, -0.2) is 47.0 Å². The molecule has 0 aromatic rings. The molecule has 2 fully saturated rings. The number of hydrogen-bond acceptors (Lipinski definition) is 4. The first-order valence-corrected chi connectivity index (χ1v) is 7.63. The van der Waals surface area contributed by atoms with Crippen molar-refractivity contribution in [3.63, 3.8) is 0 Å². The number of rotatable bonds is 4. The van der Waals surface area contributed by atoms with Crippen LogP contribution in [0.1, 0.15) is 39.0 Å². The van der Waals surface area contributed by atoms with Gasteiger partial charge in [-0.15, -0.1) is 0 Å². The third-order valence-electron chi connectivity index (χ3n) is 3.74. The standard InChI is InChI=1S/C13H22O4S/c1-10(8-12(14)15)18-11-2-5-17-13(9-11)3-6-16-7-4-13/h10-11H,2-9H2,1H3,(H,14,15). The molecular formula is C13H22O4S. The van der Waals surface area contributed by atoms with Crippen LogP contribution in [0.5, 0.6) is 0 Å². The molecule has 2 unspecified atom stereocenters. The van der Waals surface area contributed by atoms with E-state index in [0.29, 0.717) is 5.25 Å². The normalized spacial score (nSPS) is 29.1. The van der Waals surface area contributed by atoms with Crippen molar-refractivity contribution >= 4 is 17.7 Å². The Balaban J connectivity index is 1.84. The molecule has 0 saturated carbocycles. The fraction of sp³-hybridized carbons (Fsp3) is 0.923. The SMILES string of the molecule is CC(CC(=O)O)SC1CCOC2(CCOCC2)C1. The lowest BCUT2D eigenvalue weighted by molar-refractivity contribution is -0.136. The van der Waals surface area contributed by atoms with Crippen LogP contribution >= 0.6 is 11.8 Å². The molecule has 18 heavy (non-hydrogen) atoms. The molecule has 1 N–H and O–H groups in total. The van der Waals surface area contributed by atoms with Crippen LogP contribution in [0.2, 0.25) is 0 Å². The highest BCUT2D eigenvalue weighted by atomic mass is 32.2. The van der Waals surface area contributed by atoms with E-state index in [2.05, 4.69) is 0 Å². The van der Waals surface area contributed by atoms with Crippen LogP contribution in [0.15, 0.2) is 0 Å². The van der Waals surface area contributed by atoms with Gasteiger partial charge in [0.2, 0.25) is 0 Å². The highest BCUT2D eigenvalue weighted by Gasteiger charge is 2.39. The van der Waals surface area contributed by atoms with Gasteiger partial charge in [-0.2, -0.15) is 11.8 Å². The minimum Gasteiger partial charge on any atom is -0.481 e. The summed E-state index contributed by atoms with van der Waals surface area (Å²) in [4.78, 5) is 10.7. The Morgan fingerprint density at radius 2 is 2.17 bits per heavy atom. The summed E-state index contributed by atoms with van der Waals surface area (Å²) in [7, 11) is 0. The predicted molar refractivity (Wildman–Crippen MR) is 71.1 cm³/mol. The Morgan fingerprint density at radius 1 is 1.44 bits per heavy atom. The summed E-state index contributed by atoms with van der Waals surface area (Å²) in [6.45, 7) is 4.40. The summed E-state index contributed by atoms with van der Waals surface area (Å²) in [5.74, 6) is -0.706. The molecule has 0 radical (unpaired) electrons. The fourth-order valence-electron chi connectivity index (χ4n) is 2.81.